The standard InChI is InChI=1S/2C25H21F4N5O/c2*1-14-8-16(18(26)11-21(14)33-12-15(2)30-13-33)4-5-22-31-24-25(35,6-3-7-34(24)32-22)17-9-19(27)23(29)20(28)10-17/h2*4-5,8-13,35H,3,6-7H2,1-2H3/b2*5-4+/t2*25-/m10/s1. The number of aryl methyl sites for hydroxylation is 6. The van der Waals surface area contributed by atoms with Crippen LogP contribution in [0.5, 0.6) is 0 Å². The summed E-state index contributed by atoms with van der Waals surface area (Å²) in [5, 5.41) is 31.2. The molecule has 0 unspecified atom stereocenters. The fourth-order valence-corrected chi connectivity index (χ4v) is 8.75. The second-order valence-corrected chi connectivity index (χ2v) is 17.3. The van der Waals surface area contributed by atoms with Crippen LogP contribution in [-0.2, 0) is 24.3 Å². The number of benzene rings is 4. The summed E-state index contributed by atoms with van der Waals surface area (Å²) in [6.45, 7) is 8.27. The van der Waals surface area contributed by atoms with Crippen molar-refractivity contribution in [2.45, 2.75) is 77.7 Å². The highest BCUT2D eigenvalue weighted by atomic mass is 19.2. The molecule has 0 radical (unpaired) electrons. The average Bonchev–Trinajstić information content (AvgIpc) is 4.15. The number of rotatable bonds is 8. The minimum absolute atomic E-state index is 0.0799. The van der Waals surface area contributed by atoms with E-state index in [1.165, 1.54) is 45.8 Å². The summed E-state index contributed by atoms with van der Waals surface area (Å²) >= 11 is 0. The fraction of sp³-hybridized carbons (Fsp3) is 0.240. The molecule has 4 aromatic carbocycles. The lowest BCUT2D eigenvalue weighted by Gasteiger charge is -2.31. The zero-order valence-corrected chi connectivity index (χ0v) is 37.9. The Morgan fingerprint density at radius 2 is 0.871 bits per heavy atom. The molecule has 0 fully saturated rings. The molecule has 360 valence electrons. The first-order chi connectivity index (χ1) is 33.3. The van der Waals surface area contributed by atoms with Gasteiger partial charge in [0.25, 0.3) is 0 Å². The van der Waals surface area contributed by atoms with Crippen molar-refractivity contribution in [3.63, 3.8) is 0 Å². The van der Waals surface area contributed by atoms with Crippen LogP contribution in [0.3, 0.4) is 0 Å². The molecule has 0 amide bonds. The van der Waals surface area contributed by atoms with Crippen molar-refractivity contribution < 1.29 is 45.3 Å². The third-order valence-electron chi connectivity index (χ3n) is 12.3. The third kappa shape index (κ3) is 8.95. The van der Waals surface area contributed by atoms with Crippen molar-refractivity contribution in [1.82, 2.24) is 48.6 Å². The largest absolute Gasteiger partial charge is 0.377 e. The van der Waals surface area contributed by atoms with E-state index >= 15 is 0 Å². The molecule has 2 aliphatic heterocycles. The first kappa shape index (κ1) is 47.5. The second kappa shape index (κ2) is 18.4. The van der Waals surface area contributed by atoms with Crippen LogP contribution in [0.15, 0.2) is 73.6 Å². The van der Waals surface area contributed by atoms with Gasteiger partial charge in [-0.2, -0.15) is 10.2 Å². The van der Waals surface area contributed by atoms with Crippen molar-refractivity contribution in [3.05, 3.63) is 188 Å². The van der Waals surface area contributed by atoms with Gasteiger partial charge < -0.3 is 19.3 Å². The third-order valence-corrected chi connectivity index (χ3v) is 12.3. The molecule has 2 atom stereocenters. The lowest BCUT2D eigenvalue weighted by Crippen LogP contribution is -2.36. The van der Waals surface area contributed by atoms with E-state index in [1.807, 2.05) is 27.7 Å². The van der Waals surface area contributed by atoms with E-state index in [2.05, 4.69) is 30.1 Å². The van der Waals surface area contributed by atoms with Crippen LogP contribution in [0.25, 0.3) is 35.7 Å². The molecule has 2 N–H and O–H groups in total. The maximum atomic E-state index is 14.8. The molecule has 0 saturated carbocycles. The lowest BCUT2D eigenvalue weighted by molar-refractivity contribution is 0.0385. The fourth-order valence-electron chi connectivity index (χ4n) is 8.75. The molecule has 0 aliphatic carbocycles. The number of imidazole rings is 2. The number of nitrogens with zero attached hydrogens (tertiary/aromatic N) is 10. The Kier molecular flexibility index (Phi) is 12.5. The maximum Gasteiger partial charge on any atom is 0.194 e. The summed E-state index contributed by atoms with van der Waals surface area (Å²) in [5.74, 6) is -9.17. The lowest BCUT2D eigenvalue weighted by atomic mass is 9.86. The normalized spacial score (nSPS) is 17.8. The first-order valence-corrected chi connectivity index (χ1v) is 21.9. The number of hydrogen-bond acceptors (Lipinski definition) is 8. The molecule has 6 heterocycles. The Hall–Kier alpha value is -7.58. The van der Waals surface area contributed by atoms with E-state index in [9.17, 15) is 45.3 Å². The van der Waals surface area contributed by atoms with Crippen molar-refractivity contribution in [3.8, 4) is 11.4 Å². The molecule has 10 rings (SSSR count). The van der Waals surface area contributed by atoms with E-state index in [-0.39, 0.29) is 47.3 Å². The van der Waals surface area contributed by atoms with Crippen molar-refractivity contribution >= 4 is 24.3 Å². The van der Waals surface area contributed by atoms with Gasteiger partial charge in [0, 0.05) is 36.6 Å². The van der Waals surface area contributed by atoms with Crippen LogP contribution in [0, 0.1) is 74.2 Å². The number of aromatic nitrogens is 10. The maximum absolute atomic E-state index is 14.8. The Labute approximate surface area is 394 Å². The van der Waals surface area contributed by atoms with Gasteiger partial charge in [-0.3, -0.25) is 0 Å². The van der Waals surface area contributed by atoms with Gasteiger partial charge in [-0.1, -0.05) is 0 Å². The summed E-state index contributed by atoms with van der Waals surface area (Å²) in [6, 6.07) is 9.26. The quantitative estimate of drug-likeness (QED) is 0.114. The van der Waals surface area contributed by atoms with Crippen molar-refractivity contribution in [2.24, 2.45) is 0 Å². The number of aliphatic hydroxyl groups is 2. The van der Waals surface area contributed by atoms with Crippen LogP contribution in [0.1, 0.15) is 93.7 Å². The molecule has 2 aliphatic rings. The zero-order chi connectivity index (χ0) is 49.8. The van der Waals surface area contributed by atoms with E-state index in [0.717, 1.165) is 46.8 Å². The summed E-state index contributed by atoms with van der Waals surface area (Å²) in [5.41, 5.74) is 1.25. The van der Waals surface area contributed by atoms with Gasteiger partial charge in [0.15, 0.2) is 58.2 Å². The Morgan fingerprint density at radius 1 is 0.500 bits per heavy atom. The van der Waals surface area contributed by atoms with Crippen LogP contribution < -0.4 is 0 Å². The minimum atomic E-state index is -1.85. The Morgan fingerprint density at radius 3 is 1.21 bits per heavy atom. The first-order valence-electron chi connectivity index (χ1n) is 21.9. The van der Waals surface area contributed by atoms with Crippen LogP contribution in [0.4, 0.5) is 35.1 Å². The van der Waals surface area contributed by atoms with Gasteiger partial charge in [-0.05, 0) is 148 Å². The predicted molar refractivity (Wildman–Crippen MR) is 241 cm³/mol. The summed E-state index contributed by atoms with van der Waals surface area (Å²) in [7, 11) is 0. The SMILES string of the molecule is Cc1cn(-c2cc(F)c(/C=C/c3nc4n(n3)CCC[C@@]4(O)c3cc(F)c(F)c(F)c3)cc2C)cn1.Cc1cn(-c2cc(F)c(/C=C/c3nc4n(n3)CCC[C@]4(O)c3cc(F)c(F)c(F)c3)cc2C)cn1. The van der Waals surface area contributed by atoms with E-state index in [4.69, 9.17) is 0 Å². The zero-order valence-electron chi connectivity index (χ0n) is 37.9. The van der Waals surface area contributed by atoms with Gasteiger partial charge in [0.1, 0.15) is 22.8 Å². The number of fused-ring (bicyclic) bond motifs is 2. The van der Waals surface area contributed by atoms with Crippen LogP contribution in [0.2, 0.25) is 0 Å². The topological polar surface area (TPSA) is 138 Å². The summed E-state index contributed by atoms with van der Waals surface area (Å²) < 4.78 is 118. The van der Waals surface area contributed by atoms with E-state index in [1.54, 1.807) is 46.3 Å². The van der Waals surface area contributed by atoms with Gasteiger partial charge >= 0.3 is 0 Å². The molecule has 8 aromatic rings. The Bertz CT molecular complexity index is 3130. The summed E-state index contributed by atoms with van der Waals surface area (Å²) in [4.78, 5) is 17.0. The van der Waals surface area contributed by atoms with Gasteiger partial charge in [0.05, 0.1) is 35.4 Å². The molecule has 0 saturated heterocycles. The minimum Gasteiger partial charge on any atom is -0.377 e. The molecule has 0 spiro atoms. The van der Waals surface area contributed by atoms with Gasteiger partial charge in [0.2, 0.25) is 0 Å². The number of halogens is 8. The molecular formula is C50H42F8N10O2. The Balaban J connectivity index is 0.000000174. The molecular weight excluding hydrogens is 925 g/mol. The predicted octanol–water partition coefficient (Wildman–Crippen LogP) is 9.67. The van der Waals surface area contributed by atoms with Crippen LogP contribution in [-0.4, -0.2) is 58.8 Å². The highest BCUT2D eigenvalue weighted by molar-refractivity contribution is 5.69. The highest BCUT2D eigenvalue weighted by Crippen LogP contribution is 2.39. The molecule has 4 aromatic heterocycles. The number of hydrogen-bond donors (Lipinski definition) is 2. The average molecular weight is 967 g/mol. The van der Waals surface area contributed by atoms with Gasteiger partial charge in [-0.15, -0.1) is 0 Å². The van der Waals surface area contributed by atoms with E-state index < -0.39 is 57.7 Å². The smallest absolute Gasteiger partial charge is 0.194 e. The summed E-state index contributed by atoms with van der Waals surface area (Å²) in [6.07, 6.45) is 14.0. The second-order valence-electron chi connectivity index (χ2n) is 17.3. The van der Waals surface area contributed by atoms with Gasteiger partial charge in [-0.25, -0.2) is 64.4 Å². The van der Waals surface area contributed by atoms with Crippen molar-refractivity contribution in [2.75, 3.05) is 0 Å². The van der Waals surface area contributed by atoms with E-state index in [0.29, 0.717) is 48.4 Å². The highest BCUT2D eigenvalue weighted by Gasteiger charge is 2.42. The van der Waals surface area contributed by atoms with Crippen LogP contribution >= 0.6 is 0 Å². The molecule has 70 heavy (non-hydrogen) atoms. The molecule has 12 nitrogen and oxygen atoms in total. The monoisotopic (exact) mass is 966 g/mol. The molecule has 0 bridgehead atoms. The van der Waals surface area contributed by atoms with Crippen molar-refractivity contribution in [1.29, 1.82) is 0 Å². The molecule has 20 heteroatoms.